The number of benzene rings is 2. The molecule has 152 valence electrons. The lowest BCUT2D eigenvalue weighted by atomic mass is 9.79. The second-order valence-electron chi connectivity index (χ2n) is 7.33. The van der Waals surface area contributed by atoms with Crippen LogP contribution < -0.4 is 0 Å². The zero-order valence-electron chi connectivity index (χ0n) is 16.1. The van der Waals surface area contributed by atoms with Crippen LogP contribution in [0.4, 0.5) is 14.0 Å². The van der Waals surface area contributed by atoms with Crippen molar-refractivity contribution in [2.24, 2.45) is 0 Å². The van der Waals surface area contributed by atoms with Gasteiger partial charge in [-0.05, 0) is 36.1 Å². The predicted octanol–water partition coefficient (Wildman–Crippen LogP) is 3.91. The van der Waals surface area contributed by atoms with E-state index in [4.69, 9.17) is 9.47 Å². The van der Waals surface area contributed by atoms with Gasteiger partial charge in [0.1, 0.15) is 19.0 Å². The molecule has 0 spiro atoms. The quantitative estimate of drug-likeness (QED) is 0.784. The van der Waals surface area contributed by atoms with Crippen molar-refractivity contribution in [3.8, 4) is 0 Å². The van der Waals surface area contributed by atoms with Gasteiger partial charge >= 0.3 is 12.2 Å². The molecule has 4 rings (SSSR count). The van der Waals surface area contributed by atoms with Gasteiger partial charge in [0.25, 0.3) is 0 Å². The summed E-state index contributed by atoms with van der Waals surface area (Å²) >= 11 is 0. The van der Waals surface area contributed by atoms with Crippen molar-refractivity contribution in [3.05, 3.63) is 71.5 Å². The average molecular weight is 398 g/mol. The highest BCUT2D eigenvalue weighted by Gasteiger charge is 2.47. The van der Waals surface area contributed by atoms with Crippen LogP contribution in [-0.4, -0.2) is 48.2 Å². The highest BCUT2D eigenvalue weighted by atomic mass is 19.1. The summed E-state index contributed by atoms with van der Waals surface area (Å²) in [6.45, 7) is 1.92. The van der Waals surface area contributed by atoms with Crippen molar-refractivity contribution in [2.45, 2.75) is 25.0 Å². The molecule has 0 N–H and O–H groups in total. The Labute approximate surface area is 168 Å². The maximum absolute atomic E-state index is 13.5. The molecule has 7 heteroatoms. The van der Waals surface area contributed by atoms with Crippen molar-refractivity contribution >= 4 is 12.2 Å². The number of piperidine rings is 1. The number of amides is 2. The van der Waals surface area contributed by atoms with Gasteiger partial charge in [-0.1, -0.05) is 42.5 Å². The Morgan fingerprint density at radius 1 is 1.03 bits per heavy atom. The van der Waals surface area contributed by atoms with Gasteiger partial charge in [-0.2, -0.15) is 0 Å². The number of likely N-dealkylation sites (tertiary alicyclic amines) is 1. The van der Waals surface area contributed by atoms with E-state index in [1.165, 1.54) is 12.1 Å². The first kappa shape index (κ1) is 19.2. The molecule has 0 aromatic heterocycles. The molecule has 29 heavy (non-hydrogen) atoms. The lowest BCUT2D eigenvalue weighted by Gasteiger charge is -2.46. The van der Waals surface area contributed by atoms with Gasteiger partial charge in [0, 0.05) is 13.1 Å². The summed E-state index contributed by atoms with van der Waals surface area (Å²) in [5.41, 5.74) is 1.17. The van der Waals surface area contributed by atoms with Gasteiger partial charge in [-0.3, -0.25) is 4.90 Å². The highest BCUT2D eigenvalue weighted by Crippen LogP contribution is 2.40. The van der Waals surface area contributed by atoms with Gasteiger partial charge < -0.3 is 14.4 Å². The van der Waals surface area contributed by atoms with E-state index < -0.39 is 5.54 Å². The van der Waals surface area contributed by atoms with E-state index in [1.54, 1.807) is 21.9 Å². The molecule has 6 nitrogen and oxygen atoms in total. The molecule has 2 fully saturated rings. The van der Waals surface area contributed by atoms with E-state index in [2.05, 4.69) is 0 Å². The molecule has 0 saturated carbocycles. The Morgan fingerprint density at radius 3 is 2.34 bits per heavy atom. The number of rotatable bonds is 4. The largest absolute Gasteiger partial charge is 0.448 e. The minimum Gasteiger partial charge on any atom is -0.448 e. The number of ether oxygens (including phenoxy) is 2. The first-order chi connectivity index (χ1) is 14.1. The summed E-state index contributed by atoms with van der Waals surface area (Å²) in [5.74, 6) is -0.324. The number of nitrogens with zero attached hydrogens (tertiary/aromatic N) is 2. The molecule has 0 atom stereocenters. The van der Waals surface area contributed by atoms with Crippen molar-refractivity contribution in [1.82, 2.24) is 9.80 Å². The number of halogens is 1. The van der Waals surface area contributed by atoms with Gasteiger partial charge in [-0.15, -0.1) is 0 Å². The molecule has 0 bridgehead atoms. The molecule has 2 aromatic rings. The fourth-order valence-electron chi connectivity index (χ4n) is 4.13. The van der Waals surface area contributed by atoms with Crippen molar-refractivity contribution in [2.75, 3.05) is 26.2 Å². The van der Waals surface area contributed by atoms with E-state index in [1.807, 2.05) is 30.3 Å². The molecule has 2 amide bonds. The van der Waals surface area contributed by atoms with Crippen LogP contribution in [0.2, 0.25) is 0 Å². The van der Waals surface area contributed by atoms with Crippen molar-refractivity contribution in [1.29, 1.82) is 0 Å². The van der Waals surface area contributed by atoms with Gasteiger partial charge in [-0.25, -0.2) is 14.0 Å². The maximum Gasteiger partial charge on any atom is 0.410 e. The monoisotopic (exact) mass is 398 g/mol. The molecule has 0 radical (unpaired) electrons. The maximum atomic E-state index is 13.5. The fraction of sp³-hybridized carbons (Fsp3) is 0.364. The second-order valence-corrected chi connectivity index (χ2v) is 7.33. The molecular formula is C22H23FN2O4. The first-order valence-corrected chi connectivity index (χ1v) is 9.75. The van der Waals surface area contributed by atoms with Crippen LogP contribution in [0, 0.1) is 5.82 Å². The van der Waals surface area contributed by atoms with Crippen LogP contribution in [0.1, 0.15) is 24.0 Å². The van der Waals surface area contributed by atoms with E-state index >= 15 is 0 Å². The van der Waals surface area contributed by atoms with Gasteiger partial charge in [0.15, 0.2) is 0 Å². The summed E-state index contributed by atoms with van der Waals surface area (Å²) in [7, 11) is 0. The molecular weight excluding hydrogens is 375 g/mol. The average Bonchev–Trinajstić information content (AvgIpc) is 3.20. The summed E-state index contributed by atoms with van der Waals surface area (Å²) in [6, 6.07) is 15.7. The minimum absolute atomic E-state index is 0.220. The van der Waals surface area contributed by atoms with E-state index in [9.17, 15) is 14.0 Å². The Hall–Kier alpha value is -3.09. The van der Waals surface area contributed by atoms with E-state index in [0.29, 0.717) is 39.1 Å². The summed E-state index contributed by atoms with van der Waals surface area (Å²) in [4.78, 5) is 28.2. The SMILES string of the molecule is O=C(OCc1ccccc1)N1CCC(c2ccc(F)cc2)(N2CCOC2=O)CC1. The minimum atomic E-state index is -0.614. The Kier molecular flexibility index (Phi) is 5.38. The number of carbonyl (C=O) groups excluding carboxylic acids is 2. The van der Waals surface area contributed by atoms with E-state index in [0.717, 1.165) is 11.1 Å². The third-order valence-corrected chi connectivity index (χ3v) is 5.71. The third-order valence-electron chi connectivity index (χ3n) is 5.71. The molecule has 0 aliphatic carbocycles. The van der Waals surface area contributed by atoms with Crippen molar-refractivity contribution < 1.29 is 23.5 Å². The van der Waals surface area contributed by atoms with Crippen LogP contribution in [0.15, 0.2) is 54.6 Å². The Bertz CT molecular complexity index is 864. The standard InChI is InChI=1S/C22H23FN2O4/c23-19-8-6-18(7-9-19)22(25-14-15-28-21(25)27)10-12-24(13-11-22)20(26)29-16-17-4-2-1-3-5-17/h1-9H,10-16H2. The number of hydrogen-bond acceptors (Lipinski definition) is 4. The topological polar surface area (TPSA) is 59.1 Å². The zero-order chi connectivity index (χ0) is 20.3. The number of carbonyl (C=O) groups is 2. The van der Waals surface area contributed by atoms with Gasteiger partial charge in [0.05, 0.1) is 12.1 Å². The second kappa shape index (κ2) is 8.11. The normalized spacial score (nSPS) is 18.4. The highest BCUT2D eigenvalue weighted by molar-refractivity contribution is 5.71. The molecule has 2 aliphatic rings. The molecule has 2 aromatic carbocycles. The van der Waals surface area contributed by atoms with Gasteiger partial charge in [0.2, 0.25) is 0 Å². The summed E-state index contributed by atoms with van der Waals surface area (Å²) in [6.07, 6.45) is 0.336. The summed E-state index contributed by atoms with van der Waals surface area (Å²) in [5, 5.41) is 0. The molecule has 2 aliphatic heterocycles. The van der Waals surface area contributed by atoms with Crippen LogP contribution in [0.3, 0.4) is 0 Å². The summed E-state index contributed by atoms with van der Waals surface area (Å²) < 4.78 is 24.0. The molecule has 2 saturated heterocycles. The smallest absolute Gasteiger partial charge is 0.410 e. The van der Waals surface area contributed by atoms with E-state index in [-0.39, 0.29) is 24.6 Å². The van der Waals surface area contributed by atoms with Crippen LogP contribution in [0.5, 0.6) is 0 Å². The van der Waals surface area contributed by atoms with Crippen molar-refractivity contribution in [3.63, 3.8) is 0 Å². The lowest BCUT2D eigenvalue weighted by molar-refractivity contribution is 0.0366. The number of hydrogen-bond donors (Lipinski definition) is 0. The number of cyclic esters (lactones) is 1. The Balaban J connectivity index is 1.46. The van der Waals surface area contributed by atoms with Crippen LogP contribution in [0.25, 0.3) is 0 Å². The predicted molar refractivity (Wildman–Crippen MR) is 104 cm³/mol. The fourth-order valence-corrected chi connectivity index (χ4v) is 4.13. The zero-order valence-corrected chi connectivity index (χ0v) is 16.1. The van der Waals surface area contributed by atoms with Crippen LogP contribution >= 0.6 is 0 Å². The van der Waals surface area contributed by atoms with Crippen LogP contribution in [-0.2, 0) is 21.6 Å². The molecule has 0 unspecified atom stereocenters. The Morgan fingerprint density at radius 2 is 1.72 bits per heavy atom. The lowest BCUT2D eigenvalue weighted by Crippen LogP contribution is -2.54. The first-order valence-electron chi connectivity index (χ1n) is 9.75. The molecule has 2 heterocycles. The third kappa shape index (κ3) is 3.90.